The van der Waals surface area contributed by atoms with Gasteiger partial charge in [0.25, 0.3) is 5.91 Å². The minimum absolute atomic E-state index is 0.00861. The molecule has 19 nitrogen and oxygen atoms in total. The number of nitrogens with zero attached hydrogens (tertiary/aromatic N) is 5. The summed E-state index contributed by atoms with van der Waals surface area (Å²) in [6.45, 7) is 13.6. The zero-order valence-corrected chi connectivity index (χ0v) is 72.7. The summed E-state index contributed by atoms with van der Waals surface area (Å²) >= 11 is 5.90. The Labute approximate surface area is 716 Å². The van der Waals surface area contributed by atoms with Crippen LogP contribution < -0.4 is 9.47 Å². The van der Waals surface area contributed by atoms with Crippen LogP contribution in [0.1, 0.15) is 93.3 Å². The third kappa shape index (κ3) is 22.2. The number of carbonyl (C=O) groups excluding carboxylic acids is 5. The average molecular weight is 1710 g/mol. The number of benzene rings is 12. The van der Waals surface area contributed by atoms with Crippen LogP contribution in [0.5, 0.6) is 11.5 Å². The third-order valence-corrected chi connectivity index (χ3v) is 24.1. The fraction of sp³-hybridized carbons (Fsp3) is 0.162. The Morgan fingerprint density at radius 2 is 0.992 bits per heavy atom. The number of cyclic esters (lactones) is 1. The van der Waals surface area contributed by atoms with E-state index in [1.807, 2.05) is 179 Å². The van der Waals surface area contributed by atoms with Gasteiger partial charge in [-0.3, -0.25) is 14.2 Å². The van der Waals surface area contributed by atoms with Crippen molar-refractivity contribution in [3.63, 3.8) is 0 Å². The molecule has 4 heterocycles. The number of esters is 1. The molecule has 1 aliphatic heterocycles. The number of ketones is 1. The zero-order valence-electron chi connectivity index (χ0n) is 69.5. The number of sulfone groups is 3. The highest BCUT2D eigenvalue weighted by atomic mass is 35.5. The third-order valence-electron chi connectivity index (χ3n) is 20.5. The lowest BCUT2D eigenvalue weighted by atomic mass is 9.95. The maximum atomic E-state index is 13.0. The van der Waals surface area contributed by atoms with E-state index in [4.69, 9.17) is 25.8 Å². The van der Waals surface area contributed by atoms with E-state index >= 15 is 0 Å². The molecule has 0 radical (unpaired) electrons. The van der Waals surface area contributed by atoms with Gasteiger partial charge in [0.15, 0.2) is 29.5 Å². The van der Waals surface area contributed by atoms with E-state index in [1.165, 1.54) is 40.7 Å². The summed E-state index contributed by atoms with van der Waals surface area (Å²) in [5.41, 5.74) is 17.0. The van der Waals surface area contributed by atoms with Crippen molar-refractivity contribution in [3.8, 4) is 45.4 Å². The first-order chi connectivity index (χ1) is 58.2. The molecule has 16 rings (SSSR count). The Morgan fingerprint density at radius 1 is 0.508 bits per heavy atom. The SMILES string of the molecule is CC(=O)C(C)c1ccc2cc(C)ccc2c1.COc1ccc2c(c1)c(CC=O)c(C)n2C(=O)c1ccc(Cl)cc1.COc1ccc2cc(C(C)C=O)ccc2c1.CS(=O)(=O)c1ccc(C2=C(c3ccccc3)C(=O)OC2)cc1.Cc1cc(-c2ccccc2)n(-c2ccc(S(C)(=O)=O)cc2)n1.Cc1ccc(-c2ccnn2-c2ccc(S(C)(=O)=O)cc2)cc1. The number of Topliss-reactive ketones (excluding diaryl/α,β-unsaturated/α-hetero) is 1. The fourth-order valence-electron chi connectivity index (χ4n) is 13.6. The van der Waals surface area contributed by atoms with Crippen LogP contribution in [0.2, 0.25) is 5.02 Å². The largest absolute Gasteiger partial charge is 0.497 e. The molecular formula is C99H92ClN5O14S3. The van der Waals surface area contributed by atoms with Crippen LogP contribution in [0.15, 0.2) is 306 Å². The van der Waals surface area contributed by atoms with Gasteiger partial charge >= 0.3 is 5.97 Å². The highest BCUT2D eigenvalue weighted by Crippen LogP contribution is 2.36. The summed E-state index contributed by atoms with van der Waals surface area (Å²) in [6.07, 6.45) is 7.36. The van der Waals surface area contributed by atoms with Crippen molar-refractivity contribution in [1.82, 2.24) is 24.1 Å². The van der Waals surface area contributed by atoms with Crippen LogP contribution in [0, 0.1) is 27.7 Å². The monoisotopic (exact) mass is 1710 g/mol. The van der Waals surface area contributed by atoms with E-state index in [9.17, 15) is 49.2 Å². The Bertz CT molecular complexity index is 6710. The van der Waals surface area contributed by atoms with Gasteiger partial charge in [-0.15, -0.1) is 0 Å². The van der Waals surface area contributed by atoms with E-state index in [-0.39, 0.29) is 47.4 Å². The van der Waals surface area contributed by atoms with Gasteiger partial charge in [-0.1, -0.05) is 194 Å². The molecule has 0 bridgehead atoms. The quantitative estimate of drug-likeness (QED) is 0.0571. The van der Waals surface area contributed by atoms with Crippen molar-refractivity contribution in [3.05, 3.63) is 352 Å². The maximum Gasteiger partial charge on any atom is 0.339 e. The van der Waals surface area contributed by atoms with Gasteiger partial charge < -0.3 is 23.8 Å². The van der Waals surface area contributed by atoms with Crippen LogP contribution in [-0.2, 0) is 59.8 Å². The van der Waals surface area contributed by atoms with Crippen molar-refractivity contribution < 1.29 is 63.4 Å². The van der Waals surface area contributed by atoms with Crippen molar-refractivity contribution in [2.75, 3.05) is 39.6 Å². The van der Waals surface area contributed by atoms with E-state index in [2.05, 4.69) is 59.6 Å². The number of aldehydes is 2. The van der Waals surface area contributed by atoms with Crippen molar-refractivity contribution in [2.24, 2.45) is 0 Å². The number of aromatic nitrogens is 5. The molecule has 2 unspecified atom stereocenters. The standard InChI is InChI=1S/C19H16ClNO3.2C17H16N2O2S.C17H14O4S.C15H16O.C14H14O2/c1-12-16(9-10-22)17-11-15(24-2)7-8-18(17)21(12)19(23)13-3-5-14(20)6-4-13;1-13-3-5-14(6-4-13)17-11-12-18-19(17)15-7-9-16(10-8-15)22(2,20)21;1-13-12-17(14-6-4-3-5-7-14)19(18-13)15-8-10-16(11-9-15)22(2,20)21;1-22(19,20)14-9-7-12(8-10-14)15-11-21-17(18)16(15)13-5-3-2-4-6-13;1-10-4-5-15-9-13(11(2)12(3)16)6-7-14(15)8-10;1-10(9-15)11-3-4-13-8-14(16-2)6-5-12(13)7-11/h3-8,10-11H,9H2,1-2H3;2*3-12H,1-2H3;2-10H,11H2,1H3;4-9,11H,1-3H3;3-10H,1-2H3. The maximum absolute atomic E-state index is 13.0. The zero-order chi connectivity index (χ0) is 87.7. The Balaban J connectivity index is 0.000000144. The van der Waals surface area contributed by atoms with E-state index in [0.29, 0.717) is 31.7 Å². The first-order valence-electron chi connectivity index (χ1n) is 38.8. The van der Waals surface area contributed by atoms with Crippen LogP contribution >= 0.6 is 11.6 Å². The number of rotatable bonds is 18. The van der Waals surface area contributed by atoms with Gasteiger partial charge in [0, 0.05) is 75.4 Å². The second kappa shape index (κ2) is 39.8. The highest BCUT2D eigenvalue weighted by molar-refractivity contribution is 7.91. The topological polar surface area (TPSA) is 256 Å². The lowest BCUT2D eigenvalue weighted by Gasteiger charge is -2.09. The molecule has 3 aromatic heterocycles. The minimum atomic E-state index is -3.23. The number of methoxy groups -OCH3 is 2. The predicted molar refractivity (Wildman–Crippen MR) is 484 cm³/mol. The molecule has 122 heavy (non-hydrogen) atoms. The second-order valence-corrected chi connectivity index (χ2v) is 35.9. The number of aryl methyl sites for hydroxylation is 3. The Morgan fingerprint density at radius 3 is 1.55 bits per heavy atom. The molecule has 15 aromatic rings. The predicted octanol–water partition coefficient (Wildman–Crippen LogP) is 20.1. The van der Waals surface area contributed by atoms with Gasteiger partial charge in [0.05, 0.1) is 74.6 Å². The van der Waals surface area contributed by atoms with E-state index < -0.39 is 29.5 Å². The molecule has 0 saturated heterocycles. The molecule has 2 atom stereocenters. The summed E-state index contributed by atoms with van der Waals surface area (Å²) in [5.74, 6) is 1.18. The van der Waals surface area contributed by atoms with Gasteiger partial charge in [-0.05, 0) is 211 Å². The number of hydrogen-bond acceptors (Lipinski definition) is 16. The smallest absolute Gasteiger partial charge is 0.339 e. The van der Waals surface area contributed by atoms with Gasteiger partial charge in [0.2, 0.25) is 0 Å². The van der Waals surface area contributed by atoms with Crippen molar-refractivity contribution >= 4 is 115 Å². The van der Waals surface area contributed by atoms with E-state index in [1.54, 1.807) is 140 Å². The Kier molecular flexibility index (Phi) is 29.2. The molecule has 0 fully saturated rings. The number of carbonyl (C=O) groups is 5. The van der Waals surface area contributed by atoms with Crippen LogP contribution in [-0.4, -0.2) is 119 Å². The molecule has 622 valence electrons. The summed E-state index contributed by atoms with van der Waals surface area (Å²) in [5, 5.41) is 15.0. The number of fused-ring (bicyclic) bond motifs is 3. The molecule has 0 aliphatic carbocycles. The molecule has 0 spiro atoms. The molecule has 0 saturated carbocycles. The minimum Gasteiger partial charge on any atom is -0.497 e. The summed E-state index contributed by atoms with van der Waals surface area (Å²) in [4.78, 5) is 59.0. The fourth-order valence-corrected chi connectivity index (χ4v) is 15.6. The number of hydrogen-bond donors (Lipinski definition) is 0. The van der Waals surface area contributed by atoms with Crippen molar-refractivity contribution in [2.45, 2.75) is 81.4 Å². The van der Waals surface area contributed by atoms with Gasteiger partial charge in [-0.2, -0.15) is 10.2 Å². The molecule has 0 N–H and O–H groups in total. The molecule has 0 amide bonds. The first-order valence-corrected chi connectivity index (χ1v) is 44.9. The molecule has 23 heteroatoms. The normalized spacial score (nSPS) is 12.3. The summed E-state index contributed by atoms with van der Waals surface area (Å²) in [7, 11) is -6.36. The van der Waals surface area contributed by atoms with Crippen molar-refractivity contribution in [1.29, 1.82) is 0 Å². The number of halogens is 1. The van der Waals surface area contributed by atoms with Crippen LogP contribution in [0.25, 0.3) is 77.5 Å². The highest BCUT2D eigenvalue weighted by Gasteiger charge is 2.28. The lowest BCUT2D eigenvalue weighted by molar-refractivity contribution is -0.134. The average Bonchev–Trinajstić information content (AvgIpc) is 1.63. The van der Waals surface area contributed by atoms with Gasteiger partial charge in [0.1, 0.15) is 36.5 Å². The first kappa shape index (κ1) is 89.5. The number of ether oxygens (including phenoxy) is 3. The van der Waals surface area contributed by atoms with Crippen LogP contribution in [0.3, 0.4) is 0 Å². The second-order valence-electron chi connectivity index (χ2n) is 29.4. The molecular weight excluding hydrogens is 1610 g/mol. The summed E-state index contributed by atoms with van der Waals surface area (Å²) in [6, 6.07) is 88.3. The molecule has 12 aromatic carbocycles. The lowest BCUT2D eigenvalue weighted by Crippen LogP contribution is -2.13. The Hall–Kier alpha value is -13.3. The van der Waals surface area contributed by atoms with Gasteiger partial charge in [-0.25, -0.2) is 39.4 Å². The molecule has 1 aliphatic rings. The summed E-state index contributed by atoms with van der Waals surface area (Å²) < 4.78 is 90.0. The van der Waals surface area contributed by atoms with E-state index in [0.717, 1.165) is 119 Å². The van der Waals surface area contributed by atoms with Crippen LogP contribution in [0.4, 0.5) is 0 Å².